The fourth-order valence-electron chi connectivity index (χ4n) is 2.09. The second kappa shape index (κ2) is 7.84. The van der Waals surface area contributed by atoms with Gasteiger partial charge in [-0.05, 0) is 6.54 Å². The number of nitrogens with zero attached hydrogens (tertiary/aromatic N) is 2. The molecule has 3 N–H and O–H groups in total. The quantitative estimate of drug-likeness (QED) is 0.586. The molecule has 112 valence electrons. The first-order chi connectivity index (χ1) is 9.58. The summed E-state index contributed by atoms with van der Waals surface area (Å²) in [4.78, 5) is 13.6. The van der Waals surface area contributed by atoms with Crippen molar-refractivity contribution in [3.05, 3.63) is 40.3 Å². The van der Waals surface area contributed by atoms with Crippen LogP contribution in [0.3, 0.4) is 0 Å². The van der Waals surface area contributed by atoms with Crippen LogP contribution in [0.2, 0.25) is 0 Å². The fourth-order valence-corrected chi connectivity index (χ4v) is 2.09. The molecule has 0 spiro atoms. The lowest BCUT2D eigenvalue weighted by atomic mass is 10.2. The van der Waals surface area contributed by atoms with E-state index in [2.05, 4.69) is 6.58 Å². The Kier molecular flexibility index (Phi) is 6.44. The van der Waals surface area contributed by atoms with Crippen molar-refractivity contribution >= 4 is 0 Å². The second-order valence-corrected chi connectivity index (χ2v) is 4.44. The minimum absolute atomic E-state index is 0.0000168. The summed E-state index contributed by atoms with van der Waals surface area (Å²) in [5, 5.41) is 28.4. The number of rotatable bonds is 8. The fraction of sp³-hybridized carbons (Fsp3) is 0.500. The number of hydrogen-bond donors (Lipinski definition) is 3. The van der Waals surface area contributed by atoms with Gasteiger partial charge in [0, 0.05) is 31.4 Å². The lowest BCUT2D eigenvalue weighted by molar-refractivity contribution is 0.190. The Morgan fingerprint density at radius 3 is 2.65 bits per heavy atom. The highest BCUT2D eigenvalue weighted by Gasteiger charge is 2.16. The predicted molar refractivity (Wildman–Crippen MR) is 76.5 cm³/mol. The van der Waals surface area contributed by atoms with Gasteiger partial charge in [-0.25, -0.2) is 0 Å². The van der Waals surface area contributed by atoms with Gasteiger partial charge in [-0.1, -0.05) is 13.0 Å². The lowest BCUT2D eigenvalue weighted by Gasteiger charge is -2.24. The maximum Gasteiger partial charge on any atom is 0.223 e. The third kappa shape index (κ3) is 3.69. The summed E-state index contributed by atoms with van der Waals surface area (Å²) in [6.07, 6.45) is 1.63. The molecule has 0 amide bonds. The largest absolute Gasteiger partial charge is 0.503 e. The Morgan fingerprint density at radius 2 is 2.15 bits per heavy atom. The van der Waals surface area contributed by atoms with Crippen molar-refractivity contribution < 1.29 is 15.3 Å². The number of aromatic nitrogens is 1. The molecule has 0 aliphatic rings. The molecule has 0 aliphatic carbocycles. The van der Waals surface area contributed by atoms with Gasteiger partial charge < -0.3 is 19.9 Å². The first-order valence-electron chi connectivity index (χ1n) is 6.58. The molecule has 0 bridgehead atoms. The van der Waals surface area contributed by atoms with Crippen LogP contribution in [0.25, 0.3) is 0 Å². The molecule has 0 saturated carbocycles. The summed E-state index contributed by atoms with van der Waals surface area (Å²) in [6.45, 7) is 7.11. The molecular formula is C14H22N2O4. The van der Waals surface area contributed by atoms with Crippen LogP contribution in [0.15, 0.2) is 23.5 Å². The molecule has 1 aromatic rings. The van der Waals surface area contributed by atoms with Crippen molar-refractivity contribution in [2.75, 3.05) is 19.7 Å². The van der Waals surface area contributed by atoms with Gasteiger partial charge in [0.25, 0.3) is 0 Å². The molecule has 0 aromatic carbocycles. The SMILES string of the molecule is C=CCn1c(CO)cc(=O)c(O)c1CN(CC)CCO. The first-order valence-corrected chi connectivity index (χ1v) is 6.58. The van der Waals surface area contributed by atoms with E-state index in [-0.39, 0.29) is 19.0 Å². The summed E-state index contributed by atoms with van der Waals surface area (Å²) in [5.41, 5.74) is 0.351. The molecule has 6 heteroatoms. The summed E-state index contributed by atoms with van der Waals surface area (Å²) in [6, 6.07) is 1.23. The predicted octanol–water partition coefficient (Wildman–Crippen LogP) is 0.0464. The second-order valence-electron chi connectivity index (χ2n) is 4.44. The van der Waals surface area contributed by atoms with Crippen LogP contribution in [0.1, 0.15) is 18.3 Å². The van der Waals surface area contributed by atoms with Crippen molar-refractivity contribution in [3.63, 3.8) is 0 Å². The van der Waals surface area contributed by atoms with Gasteiger partial charge in [0.15, 0.2) is 5.75 Å². The lowest BCUT2D eigenvalue weighted by Crippen LogP contribution is -2.29. The Hall–Kier alpha value is -1.63. The molecule has 1 aromatic heterocycles. The third-order valence-corrected chi connectivity index (χ3v) is 3.19. The number of hydrogen-bond acceptors (Lipinski definition) is 5. The van der Waals surface area contributed by atoms with Crippen LogP contribution >= 0.6 is 0 Å². The normalized spacial score (nSPS) is 11.0. The molecule has 0 atom stereocenters. The summed E-state index contributed by atoms with van der Waals surface area (Å²) in [5.74, 6) is -0.319. The van der Waals surface area contributed by atoms with E-state index in [0.29, 0.717) is 37.6 Å². The van der Waals surface area contributed by atoms with Gasteiger partial charge in [0.1, 0.15) is 0 Å². The standard InChI is InChI=1S/C14H22N2O4/c1-3-5-16-11(10-18)8-13(19)14(20)12(16)9-15(4-2)6-7-17/h3,8,17-18,20H,1,4-7,9-10H2,2H3. The van der Waals surface area contributed by atoms with E-state index in [9.17, 15) is 15.0 Å². The minimum Gasteiger partial charge on any atom is -0.503 e. The van der Waals surface area contributed by atoms with Crippen LogP contribution in [0, 0.1) is 0 Å². The van der Waals surface area contributed by atoms with E-state index in [1.807, 2.05) is 11.8 Å². The monoisotopic (exact) mass is 282 g/mol. The molecule has 20 heavy (non-hydrogen) atoms. The van der Waals surface area contributed by atoms with Gasteiger partial charge in [-0.2, -0.15) is 0 Å². The van der Waals surface area contributed by atoms with Gasteiger partial charge in [-0.15, -0.1) is 6.58 Å². The number of allylic oxidation sites excluding steroid dienone is 1. The highest BCUT2D eigenvalue weighted by Crippen LogP contribution is 2.17. The van der Waals surface area contributed by atoms with E-state index in [1.54, 1.807) is 10.6 Å². The zero-order chi connectivity index (χ0) is 15.1. The third-order valence-electron chi connectivity index (χ3n) is 3.19. The number of likely N-dealkylation sites (N-methyl/N-ethyl adjacent to an activating group) is 1. The van der Waals surface area contributed by atoms with Crippen LogP contribution in [-0.4, -0.2) is 44.5 Å². The minimum atomic E-state index is -0.510. The zero-order valence-electron chi connectivity index (χ0n) is 11.7. The van der Waals surface area contributed by atoms with Gasteiger partial charge in [0.05, 0.1) is 18.9 Å². The first kappa shape index (κ1) is 16.4. The molecular weight excluding hydrogens is 260 g/mol. The van der Waals surface area contributed by atoms with E-state index < -0.39 is 5.43 Å². The van der Waals surface area contributed by atoms with Gasteiger partial charge >= 0.3 is 0 Å². The van der Waals surface area contributed by atoms with E-state index >= 15 is 0 Å². The summed E-state index contributed by atoms with van der Waals surface area (Å²) < 4.78 is 1.67. The summed E-state index contributed by atoms with van der Waals surface area (Å²) in [7, 11) is 0. The van der Waals surface area contributed by atoms with Crippen LogP contribution in [0.4, 0.5) is 0 Å². The van der Waals surface area contributed by atoms with Crippen LogP contribution < -0.4 is 5.43 Å². The maximum atomic E-state index is 11.7. The Balaban J connectivity index is 3.29. The average molecular weight is 282 g/mol. The van der Waals surface area contributed by atoms with Crippen molar-refractivity contribution in [1.82, 2.24) is 9.47 Å². The average Bonchev–Trinajstić information content (AvgIpc) is 2.45. The van der Waals surface area contributed by atoms with Crippen LogP contribution in [-0.2, 0) is 19.7 Å². The number of pyridine rings is 1. The Morgan fingerprint density at radius 1 is 1.45 bits per heavy atom. The van der Waals surface area contributed by atoms with Crippen molar-refractivity contribution in [1.29, 1.82) is 0 Å². The number of aromatic hydroxyl groups is 1. The molecule has 0 radical (unpaired) electrons. The van der Waals surface area contributed by atoms with Crippen molar-refractivity contribution in [2.24, 2.45) is 0 Å². The number of aliphatic hydroxyl groups excluding tert-OH is 2. The highest BCUT2D eigenvalue weighted by molar-refractivity contribution is 5.30. The molecule has 0 saturated heterocycles. The van der Waals surface area contributed by atoms with Crippen molar-refractivity contribution in [3.8, 4) is 5.75 Å². The molecule has 0 fully saturated rings. The molecule has 0 aliphatic heterocycles. The number of aliphatic hydroxyl groups is 2. The topological polar surface area (TPSA) is 85.9 Å². The highest BCUT2D eigenvalue weighted by atomic mass is 16.3. The molecule has 6 nitrogen and oxygen atoms in total. The van der Waals surface area contributed by atoms with E-state index in [0.717, 1.165) is 0 Å². The maximum absolute atomic E-state index is 11.7. The smallest absolute Gasteiger partial charge is 0.223 e. The Bertz CT molecular complexity index is 511. The van der Waals surface area contributed by atoms with Crippen molar-refractivity contribution in [2.45, 2.75) is 26.6 Å². The molecule has 1 heterocycles. The van der Waals surface area contributed by atoms with E-state index in [4.69, 9.17) is 5.11 Å². The van der Waals surface area contributed by atoms with Gasteiger partial charge in [-0.3, -0.25) is 9.69 Å². The molecule has 1 rings (SSSR count). The zero-order valence-corrected chi connectivity index (χ0v) is 11.7. The van der Waals surface area contributed by atoms with Crippen LogP contribution in [0.5, 0.6) is 5.75 Å². The van der Waals surface area contributed by atoms with Gasteiger partial charge in [0.2, 0.25) is 5.43 Å². The molecule has 0 unspecified atom stereocenters. The summed E-state index contributed by atoms with van der Waals surface area (Å²) >= 11 is 0. The van der Waals surface area contributed by atoms with E-state index in [1.165, 1.54) is 6.07 Å². The Labute approximate surface area is 118 Å².